The molecule has 1 aromatic heterocycles. The Hall–Kier alpha value is -2.67. The van der Waals surface area contributed by atoms with E-state index in [0.717, 1.165) is 54.4 Å². The molecule has 2 saturated carbocycles. The molecule has 3 aliphatic rings. The van der Waals surface area contributed by atoms with E-state index in [-0.39, 0.29) is 49.6 Å². The molecule has 2 aliphatic carbocycles. The van der Waals surface area contributed by atoms with Gasteiger partial charge in [0.1, 0.15) is 12.6 Å². The lowest BCUT2D eigenvalue weighted by Crippen LogP contribution is -2.53. The molecule has 2 N–H and O–H groups in total. The van der Waals surface area contributed by atoms with Gasteiger partial charge in [0.05, 0.1) is 27.1 Å². The molecular weight excluding hydrogens is 569 g/mol. The highest BCUT2D eigenvalue weighted by molar-refractivity contribution is 7.18. The molecule has 2 heterocycles. The average Bonchev–Trinajstić information content (AvgIpc) is 3.63. The first-order chi connectivity index (χ1) is 19.1. The third-order valence-electron chi connectivity index (χ3n) is 7.51. The van der Waals surface area contributed by atoms with E-state index < -0.39 is 29.6 Å². The Morgan fingerprint density at radius 1 is 1.18 bits per heavy atom. The van der Waals surface area contributed by atoms with E-state index in [1.54, 1.807) is 12.1 Å². The van der Waals surface area contributed by atoms with E-state index in [1.165, 1.54) is 12.1 Å². The van der Waals surface area contributed by atoms with Gasteiger partial charge in [0.25, 0.3) is 11.8 Å². The number of nitrogens with one attached hydrogen (secondary N) is 2. The first kappa shape index (κ1) is 28.8. The van der Waals surface area contributed by atoms with E-state index in [4.69, 9.17) is 16.3 Å². The predicted molar refractivity (Wildman–Crippen MR) is 146 cm³/mol. The number of rotatable bonds is 10. The standard InChI is InChI=1S/C27H30ClF3N4O4S/c28-23-9-8-22(40-23)26(38)32-13-21(35(18-5-6-18)14-16-2-1-3-16)25(37)33-17-4-7-20(19(12-17)27(29,30)31)34-10-11-39-15-24(34)36/h4,7-9,12,16,18,21H,1-3,5-6,10-11,13-15H2,(H,32,38)(H,33,37)/t21-/m0/s1. The summed E-state index contributed by atoms with van der Waals surface area (Å²) in [6, 6.07) is 6.04. The van der Waals surface area contributed by atoms with E-state index in [1.807, 2.05) is 0 Å². The topological polar surface area (TPSA) is 91.0 Å². The summed E-state index contributed by atoms with van der Waals surface area (Å²) in [5.74, 6) is -0.982. The molecule has 3 fully saturated rings. The third kappa shape index (κ3) is 6.79. The van der Waals surface area contributed by atoms with Crippen LogP contribution >= 0.6 is 22.9 Å². The second-order valence-corrected chi connectivity index (χ2v) is 12.1. The van der Waals surface area contributed by atoms with Crippen LogP contribution in [0.25, 0.3) is 0 Å². The molecule has 8 nitrogen and oxygen atoms in total. The Bertz CT molecular complexity index is 1260. The van der Waals surface area contributed by atoms with Crippen LogP contribution in [0.15, 0.2) is 30.3 Å². The minimum absolute atomic E-state index is 0.00234. The molecule has 0 spiro atoms. The smallest absolute Gasteiger partial charge is 0.370 e. The summed E-state index contributed by atoms with van der Waals surface area (Å²) in [6.07, 6.45) is 0.349. The van der Waals surface area contributed by atoms with Crippen molar-refractivity contribution >= 4 is 52.0 Å². The monoisotopic (exact) mass is 598 g/mol. The molecule has 1 atom stereocenters. The summed E-state index contributed by atoms with van der Waals surface area (Å²) in [5, 5.41) is 5.48. The van der Waals surface area contributed by atoms with Crippen molar-refractivity contribution in [2.45, 2.75) is 50.4 Å². The van der Waals surface area contributed by atoms with E-state index in [9.17, 15) is 27.6 Å². The van der Waals surface area contributed by atoms with E-state index in [0.29, 0.717) is 21.7 Å². The number of hydrogen-bond donors (Lipinski definition) is 2. The van der Waals surface area contributed by atoms with Crippen LogP contribution in [-0.4, -0.2) is 67.6 Å². The fraction of sp³-hybridized carbons (Fsp3) is 0.519. The van der Waals surface area contributed by atoms with Crippen molar-refractivity contribution in [3.05, 3.63) is 45.1 Å². The Balaban J connectivity index is 1.37. The number of hydrogen-bond acceptors (Lipinski definition) is 6. The van der Waals surface area contributed by atoms with Gasteiger partial charge in [-0.15, -0.1) is 11.3 Å². The number of ether oxygens (including phenoxy) is 1. The zero-order chi connectivity index (χ0) is 28.4. The van der Waals surface area contributed by atoms with Crippen LogP contribution in [-0.2, 0) is 20.5 Å². The van der Waals surface area contributed by atoms with Crippen molar-refractivity contribution in [1.29, 1.82) is 0 Å². The molecule has 0 radical (unpaired) electrons. The maximum atomic E-state index is 14.1. The highest BCUT2D eigenvalue weighted by Crippen LogP contribution is 2.39. The highest BCUT2D eigenvalue weighted by Gasteiger charge is 2.40. The van der Waals surface area contributed by atoms with E-state index in [2.05, 4.69) is 15.5 Å². The summed E-state index contributed by atoms with van der Waals surface area (Å²) in [4.78, 5) is 42.2. The number of nitrogens with zero attached hydrogens (tertiary/aromatic N) is 2. The van der Waals surface area contributed by atoms with Crippen LogP contribution in [0.1, 0.15) is 47.3 Å². The number of thiophene rings is 1. The van der Waals surface area contributed by atoms with Gasteiger partial charge in [-0.1, -0.05) is 18.0 Å². The van der Waals surface area contributed by atoms with Crippen molar-refractivity contribution in [3.8, 4) is 0 Å². The molecule has 40 heavy (non-hydrogen) atoms. The number of carbonyl (C=O) groups is 3. The van der Waals surface area contributed by atoms with Crippen molar-refractivity contribution in [2.24, 2.45) is 5.92 Å². The van der Waals surface area contributed by atoms with Crippen molar-refractivity contribution in [1.82, 2.24) is 10.2 Å². The third-order valence-corrected chi connectivity index (χ3v) is 8.74. The number of benzene rings is 1. The lowest BCUT2D eigenvalue weighted by atomic mass is 9.84. The van der Waals surface area contributed by atoms with Crippen molar-refractivity contribution in [3.63, 3.8) is 0 Å². The Kier molecular flexibility index (Phi) is 8.69. The summed E-state index contributed by atoms with van der Waals surface area (Å²) in [6.45, 7) is 0.525. The maximum Gasteiger partial charge on any atom is 0.418 e. The van der Waals surface area contributed by atoms with Gasteiger partial charge >= 0.3 is 6.18 Å². The number of anilines is 2. The first-order valence-electron chi connectivity index (χ1n) is 13.3. The minimum Gasteiger partial charge on any atom is -0.370 e. The zero-order valence-electron chi connectivity index (χ0n) is 21.6. The molecule has 13 heteroatoms. The maximum absolute atomic E-state index is 14.1. The normalized spacial score (nSPS) is 18.9. The van der Waals surface area contributed by atoms with Crippen molar-refractivity contribution in [2.75, 3.05) is 43.1 Å². The Labute approximate surface area is 238 Å². The quantitative estimate of drug-likeness (QED) is 0.411. The van der Waals surface area contributed by atoms with Crippen molar-refractivity contribution < 1.29 is 32.3 Å². The molecule has 1 aliphatic heterocycles. The number of carbonyl (C=O) groups excluding carboxylic acids is 3. The van der Waals surface area contributed by atoms with Gasteiger partial charge in [-0.2, -0.15) is 13.2 Å². The molecule has 1 saturated heterocycles. The second-order valence-electron chi connectivity index (χ2n) is 10.4. The summed E-state index contributed by atoms with van der Waals surface area (Å²) in [5.41, 5.74) is -1.34. The van der Waals surface area contributed by atoms with Gasteiger partial charge < -0.3 is 20.3 Å². The molecule has 2 aromatic rings. The van der Waals surface area contributed by atoms with Crippen LogP contribution in [0.4, 0.5) is 24.5 Å². The molecule has 5 rings (SSSR count). The molecule has 1 aromatic carbocycles. The SMILES string of the molecule is O=C(NC[C@@H](C(=O)Nc1ccc(N2CCOCC2=O)c(C(F)(F)F)c1)N(CC1CCC1)C1CC1)c1ccc(Cl)s1. The number of amides is 3. The van der Waals surface area contributed by atoms with Gasteiger partial charge in [-0.3, -0.25) is 19.3 Å². The zero-order valence-corrected chi connectivity index (χ0v) is 23.2. The minimum atomic E-state index is -4.76. The Morgan fingerprint density at radius 3 is 2.55 bits per heavy atom. The lowest BCUT2D eigenvalue weighted by molar-refractivity contribution is -0.137. The molecule has 216 valence electrons. The van der Waals surface area contributed by atoms with Crippen LogP contribution < -0.4 is 15.5 Å². The molecular formula is C27H30ClF3N4O4S. The van der Waals surface area contributed by atoms with Crippen LogP contribution in [0.3, 0.4) is 0 Å². The van der Waals surface area contributed by atoms with E-state index >= 15 is 0 Å². The van der Waals surface area contributed by atoms with Crippen LogP contribution in [0.2, 0.25) is 4.34 Å². The largest absolute Gasteiger partial charge is 0.418 e. The lowest BCUT2D eigenvalue weighted by Gasteiger charge is -2.37. The Morgan fingerprint density at radius 2 is 1.95 bits per heavy atom. The number of halogens is 4. The summed E-state index contributed by atoms with van der Waals surface area (Å²) in [7, 11) is 0. The number of morpholine rings is 1. The first-order valence-corrected chi connectivity index (χ1v) is 14.5. The molecule has 0 bridgehead atoms. The van der Waals surface area contributed by atoms with Crippen LogP contribution in [0, 0.1) is 5.92 Å². The van der Waals surface area contributed by atoms with Gasteiger partial charge in [-0.25, -0.2) is 0 Å². The van der Waals surface area contributed by atoms with Gasteiger partial charge in [0.2, 0.25) is 5.91 Å². The average molecular weight is 599 g/mol. The summed E-state index contributed by atoms with van der Waals surface area (Å²) >= 11 is 7.08. The molecule has 0 unspecified atom stereocenters. The van der Waals surface area contributed by atoms with Crippen LogP contribution in [0.5, 0.6) is 0 Å². The predicted octanol–water partition coefficient (Wildman–Crippen LogP) is 4.79. The fourth-order valence-electron chi connectivity index (χ4n) is 5.06. The summed E-state index contributed by atoms with van der Waals surface area (Å²) < 4.78 is 47.7. The van der Waals surface area contributed by atoms with Gasteiger partial charge in [0.15, 0.2) is 0 Å². The molecule has 3 amide bonds. The second kappa shape index (κ2) is 12.1. The number of alkyl halides is 3. The van der Waals surface area contributed by atoms with Gasteiger partial charge in [-0.05, 0) is 61.9 Å². The fourth-order valence-corrected chi connectivity index (χ4v) is 6.02. The highest BCUT2D eigenvalue weighted by atomic mass is 35.5. The van der Waals surface area contributed by atoms with Gasteiger partial charge in [0, 0.05) is 31.4 Å².